The smallest absolute Gasteiger partial charge is 0.408 e. The van der Waals surface area contributed by atoms with Crippen LogP contribution in [0.25, 0.3) is 0 Å². The van der Waals surface area contributed by atoms with E-state index in [4.69, 9.17) is 10.5 Å². The predicted octanol–water partition coefficient (Wildman–Crippen LogP) is 1.29. The van der Waals surface area contributed by atoms with Crippen LogP contribution in [0.2, 0.25) is 0 Å². The first-order valence-corrected chi connectivity index (χ1v) is 7.03. The predicted molar refractivity (Wildman–Crippen MR) is 84.2 cm³/mol. The highest BCUT2D eigenvalue weighted by Gasteiger charge is 2.40. The Labute approximate surface area is 133 Å². The Balaban J connectivity index is 2.12. The summed E-state index contributed by atoms with van der Waals surface area (Å²) < 4.78 is 5.09. The fourth-order valence-electron chi connectivity index (χ4n) is 2.14. The number of benzene rings is 2. The molecule has 0 radical (unpaired) electrons. The number of aliphatic hydroxyl groups is 1. The number of primary amides is 1. The van der Waals surface area contributed by atoms with Gasteiger partial charge in [-0.2, -0.15) is 0 Å². The van der Waals surface area contributed by atoms with Crippen molar-refractivity contribution in [2.24, 2.45) is 5.73 Å². The molecular weight excluding hydrogens is 296 g/mol. The van der Waals surface area contributed by atoms with E-state index in [-0.39, 0.29) is 6.61 Å². The third kappa shape index (κ3) is 3.87. The Bertz CT molecular complexity index is 661. The lowest BCUT2D eigenvalue weighted by Crippen LogP contribution is -2.57. The van der Waals surface area contributed by atoms with Crippen LogP contribution in [-0.4, -0.2) is 23.7 Å². The summed E-state index contributed by atoms with van der Waals surface area (Å²) in [5.41, 5.74) is 4.86. The maximum absolute atomic E-state index is 12.0. The largest absolute Gasteiger partial charge is 0.445 e. The van der Waals surface area contributed by atoms with Gasteiger partial charge >= 0.3 is 6.09 Å². The van der Waals surface area contributed by atoms with E-state index in [1.807, 2.05) is 18.2 Å². The lowest BCUT2D eigenvalue weighted by atomic mass is 9.90. The second kappa shape index (κ2) is 7.42. The van der Waals surface area contributed by atoms with Crippen molar-refractivity contribution in [3.63, 3.8) is 0 Å². The molecule has 120 valence electrons. The molecule has 2 aromatic rings. The maximum atomic E-state index is 12.0. The van der Waals surface area contributed by atoms with Gasteiger partial charge in [-0.05, 0) is 11.1 Å². The normalized spacial score (nSPS) is 12.9. The number of alkyl carbamates (subject to hydrolysis) is 1. The Morgan fingerprint density at radius 3 is 2.13 bits per heavy atom. The molecule has 0 aliphatic carbocycles. The Morgan fingerprint density at radius 2 is 1.61 bits per heavy atom. The molecule has 0 aromatic heterocycles. The molecule has 2 amide bonds. The van der Waals surface area contributed by atoms with E-state index in [1.165, 1.54) is 0 Å². The van der Waals surface area contributed by atoms with Crippen molar-refractivity contribution in [2.45, 2.75) is 12.1 Å². The summed E-state index contributed by atoms with van der Waals surface area (Å²) in [6, 6.07) is 17.4. The summed E-state index contributed by atoms with van der Waals surface area (Å²) >= 11 is 0. The van der Waals surface area contributed by atoms with Gasteiger partial charge in [0.2, 0.25) is 5.91 Å². The number of ether oxygens (including phenoxy) is 1. The molecule has 23 heavy (non-hydrogen) atoms. The summed E-state index contributed by atoms with van der Waals surface area (Å²) in [5.74, 6) is -0.872. The first kappa shape index (κ1) is 16.5. The molecule has 0 spiro atoms. The molecule has 0 heterocycles. The summed E-state index contributed by atoms with van der Waals surface area (Å²) in [4.78, 5) is 23.9. The van der Waals surface area contributed by atoms with Crippen molar-refractivity contribution in [2.75, 3.05) is 6.61 Å². The first-order valence-electron chi connectivity index (χ1n) is 7.03. The van der Waals surface area contributed by atoms with Crippen LogP contribution in [0.4, 0.5) is 4.79 Å². The van der Waals surface area contributed by atoms with Gasteiger partial charge in [-0.3, -0.25) is 4.79 Å². The van der Waals surface area contributed by atoms with Gasteiger partial charge in [0.15, 0.2) is 5.54 Å². The second-order valence-corrected chi connectivity index (χ2v) is 4.98. The van der Waals surface area contributed by atoms with Gasteiger partial charge in [0.25, 0.3) is 0 Å². The molecule has 6 nitrogen and oxygen atoms in total. The van der Waals surface area contributed by atoms with Crippen LogP contribution in [0.5, 0.6) is 0 Å². The minimum Gasteiger partial charge on any atom is -0.445 e. The number of aliphatic hydroxyl groups excluding tert-OH is 1. The van der Waals surface area contributed by atoms with Crippen LogP contribution in [0.1, 0.15) is 11.1 Å². The van der Waals surface area contributed by atoms with Crippen molar-refractivity contribution in [1.29, 1.82) is 0 Å². The van der Waals surface area contributed by atoms with Crippen LogP contribution in [0.15, 0.2) is 60.7 Å². The van der Waals surface area contributed by atoms with Crippen LogP contribution in [-0.2, 0) is 21.7 Å². The zero-order valence-electron chi connectivity index (χ0n) is 12.4. The van der Waals surface area contributed by atoms with Gasteiger partial charge in [-0.1, -0.05) is 60.7 Å². The topological polar surface area (TPSA) is 102 Å². The highest BCUT2D eigenvalue weighted by Crippen LogP contribution is 2.20. The van der Waals surface area contributed by atoms with Crippen LogP contribution in [0, 0.1) is 0 Å². The number of carbonyl (C=O) groups is 2. The van der Waals surface area contributed by atoms with Crippen molar-refractivity contribution in [3.8, 4) is 0 Å². The van der Waals surface area contributed by atoms with E-state index in [0.29, 0.717) is 5.56 Å². The number of hydrogen-bond acceptors (Lipinski definition) is 4. The number of rotatable bonds is 6. The van der Waals surface area contributed by atoms with E-state index in [0.717, 1.165) is 5.56 Å². The standard InChI is InChI=1S/C17H18N2O4/c18-15(21)17(12-20,14-9-5-2-6-10-14)19-16(22)23-11-13-7-3-1-4-8-13/h1-10,20H,11-12H2,(H2,18,21)(H,19,22)/t17-/m1/s1. The van der Waals surface area contributed by atoms with E-state index < -0.39 is 24.1 Å². The zero-order valence-corrected chi connectivity index (χ0v) is 12.4. The van der Waals surface area contributed by atoms with Gasteiger partial charge in [0.05, 0.1) is 6.61 Å². The third-order valence-corrected chi connectivity index (χ3v) is 3.45. The fourth-order valence-corrected chi connectivity index (χ4v) is 2.14. The minimum absolute atomic E-state index is 0.0434. The van der Waals surface area contributed by atoms with Crippen molar-refractivity contribution >= 4 is 12.0 Å². The number of nitrogens with two attached hydrogens (primary N) is 1. The molecule has 0 saturated heterocycles. The molecule has 1 atom stereocenters. The van der Waals surface area contributed by atoms with E-state index in [9.17, 15) is 14.7 Å². The molecule has 0 fully saturated rings. The van der Waals surface area contributed by atoms with E-state index in [2.05, 4.69) is 5.32 Å². The third-order valence-electron chi connectivity index (χ3n) is 3.45. The average Bonchev–Trinajstić information content (AvgIpc) is 2.59. The average molecular weight is 314 g/mol. The van der Waals surface area contributed by atoms with E-state index in [1.54, 1.807) is 42.5 Å². The van der Waals surface area contributed by atoms with Crippen LogP contribution in [0.3, 0.4) is 0 Å². The lowest BCUT2D eigenvalue weighted by Gasteiger charge is -2.29. The van der Waals surface area contributed by atoms with Crippen LogP contribution >= 0.6 is 0 Å². The van der Waals surface area contributed by atoms with Gasteiger partial charge in [-0.15, -0.1) is 0 Å². The molecule has 2 rings (SSSR count). The molecule has 0 saturated carbocycles. The van der Waals surface area contributed by atoms with Gasteiger partial charge in [0.1, 0.15) is 6.61 Å². The number of amides is 2. The number of nitrogens with one attached hydrogen (secondary N) is 1. The second-order valence-electron chi connectivity index (χ2n) is 4.98. The van der Waals surface area contributed by atoms with Crippen molar-refractivity contribution in [3.05, 3.63) is 71.8 Å². The number of hydrogen-bond donors (Lipinski definition) is 3. The lowest BCUT2D eigenvalue weighted by molar-refractivity contribution is -0.126. The molecule has 2 aromatic carbocycles. The zero-order chi connectivity index (χ0) is 16.7. The van der Waals surface area contributed by atoms with E-state index >= 15 is 0 Å². The summed E-state index contributed by atoms with van der Waals surface area (Å²) in [7, 11) is 0. The van der Waals surface area contributed by atoms with Crippen LogP contribution < -0.4 is 11.1 Å². The number of carbonyl (C=O) groups excluding carboxylic acids is 2. The molecule has 0 bridgehead atoms. The quantitative estimate of drug-likeness (QED) is 0.747. The first-order chi connectivity index (χ1) is 11.1. The summed E-state index contributed by atoms with van der Waals surface area (Å²) in [6.45, 7) is -0.630. The van der Waals surface area contributed by atoms with Gasteiger partial charge < -0.3 is 20.9 Å². The van der Waals surface area contributed by atoms with Crippen molar-refractivity contribution in [1.82, 2.24) is 5.32 Å². The van der Waals surface area contributed by atoms with Gasteiger partial charge in [-0.25, -0.2) is 4.79 Å². The highest BCUT2D eigenvalue weighted by atomic mass is 16.5. The summed E-state index contributed by atoms with van der Waals surface area (Å²) in [5, 5.41) is 12.0. The minimum atomic E-state index is -1.73. The Kier molecular flexibility index (Phi) is 5.32. The highest BCUT2D eigenvalue weighted by molar-refractivity contribution is 5.90. The molecule has 0 aliphatic heterocycles. The molecular formula is C17H18N2O4. The van der Waals surface area contributed by atoms with Crippen molar-refractivity contribution < 1.29 is 19.4 Å². The van der Waals surface area contributed by atoms with Gasteiger partial charge in [0, 0.05) is 0 Å². The Hall–Kier alpha value is -2.86. The SMILES string of the molecule is NC(=O)[C@](CO)(NC(=O)OCc1ccccc1)c1ccccc1. The Morgan fingerprint density at radius 1 is 1.04 bits per heavy atom. The molecule has 0 aliphatic rings. The molecule has 0 unspecified atom stereocenters. The molecule has 6 heteroatoms. The molecule has 4 N–H and O–H groups in total. The fraction of sp³-hybridized carbons (Fsp3) is 0.176. The monoisotopic (exact) mass is 314 g/mol. The summed E-state index contributed by atoms with van der Waals surface area (Å²) in [6.07, 6.45) is -0.842. The maximum Gasteiger partial charge on any atom is 0.408 e.